The molecule has 0 aromatic heterocycles. The highest BCUT2D eigenvalue weighted by Crippen LogP contribution is 2.39. The number of nitrogens with zero attached hydrogens (tertiary/aromatic N) is 2. The van der Waals surface area contributed by atoms with Gasteiger partial charge >= 0.3 is 0 Å². The van der Waals surface area contributed by atoms with Gasteiger partial charge in [-0.15, -0.1) is 0 Å². The average Bonchev–Trinajstić information content (AvgIpc) is 3.01. The van der Waals surface area contributed by atoms with Crippen molar-refractivity contribution < 1.29 is 23.8 Å². The molecule has 2 aromatic rings. The predicted octanol–water partition coefficient (Wildman–Crippen LogP) is 3.37. The predicted molar refractivity (Wildman–Crippen MR) is 116 cm³/mol. The maximum absolute atomic E-state index is 13.5. The molecule has 0 spiro atoms. The number of hydrogen-bond donors (Lipinski definition) is 1. The van der Waals surface area contributed by atoms with Crippen molar-refractivity contribution in [2.24, 2.45) is 0 Å². The standard InChI is InChI=1S/C24H25FN2O4/c1-4-15-31-19-11-7-17(8-12-19)22(28)20-21(16-5-9-18(25)10-6-16)27(14-13-26(2)3)24(30)23(20)29/h4-12,21,28H,1,13-15H2,2-3H3/t21-/m1/s1. The number of aliphatic hydroxyl groups is 1. The Bertz CT molecular complexity index is 997. The van der Waals surface area contributed by atoms with E-state index < -0.39 is 23.5 Å². The molecule has 0 unspecified atom stereocenters. The second-order valence-electron chi connectivity index (χ2n) is 7.47. The van der Waals surface area contributed by atoms with Crippen molar-refractivity contribution in [2.75, 3.05) is 33.8 Å². The molecule has 0 aliphatic carbocycles. The summed E-state index contributed by atoms with van der Waals surface area (Å²) >= 11 is 0. The monoisotopic (exact) mass is 424 g/mol. The lowest BCUT2D eigenvalue weighted by molar-refractivity contribution is -0.140. The SMILES string of the molecule is C=CCOc1ccc(C(O)=C2C(=O)C(=O)N(CCN(C)C)[C@@H]2c2ccc(F)cc2)cc1. The fourth-order valence-electron chi connectivity index (χ4n) is 3.43. The van der Waals surface area contributed by atoms with E-state index in [1.54, 1.807) is 30.3 Å². The quantitative estimate of drug-likeness (QED) is 0.305. The zero-order chi connectivity index (χ0) is 22.5. The molecule has 31 heavy (non-hydrogen) atoms. The van der Waals surface area contributed by atoms with E-state index in [4.69, 9.17) is 4.74 Å². The van der Waals surface area contributed by atoms with Crippen LogP contribution in [-0.2, 0) is 9.59 Å². The Morgan fingerprint density at radius 1 is 1.16 bits per heavy atom. The molecular weight excluding hydrogens is 399 g/mol. The number of amides is 1. The van der Waals surface area contributed by atoms with Crippen LogP contribution in [0, 0.1) is 5.82 Å². The Labute approximate surface area is 180 Å². The Balaban J connectivity index is 2.05. The van der Waals surface area contributed by atoms with E-state index in [0.29, 0.717) is 30.0 Å². The number of likely N-dealkylation sites (N-methyl/N-ethyl adjacent to an activating group) is 1. The summed E-state index contributed by atoms with van der Waals surface area (Å²) in [6.45, 7) is 4.74. The largest absolute Gasteiger partial charge is 0.507 e. The van der Waals surface area contributed by atoms with Gasteiger partial charge in [0.25, 0.3) is 11.7 Å². The molecular formula is C24H25FN2O4. The number of hydrogen-bond acceptors (Lipinski definition) is 5. The lowest BCUT2D eigenvalue weighted by atomic mass is 9.95. The van der Waals surface area contributed by atoms with Gasteiger partial charge in [0.1, 0.15) is 23.9 Å². The Kier molecular flexibility index (Phi) is 6.87. The van der Waals surface area contributed by atoms with Crippen LogP contribution in [0.1, 0.15) is 17.2 Å². The van der Waals surface area contributed by atoms with Crippen molar-refractivity contribution in [1.82, 2.24) is 9.80 Å². The number of carbonyl (C=O) groups is 2. The lowest BCUT2D eigenvalue weighted by Crippen LogP contribution is -2.35. The van der Waals surface area contributed by atoms with Crippen LogP contribution in [0.25, 0.3) is 5.76 Å². The minimum absolute atomic E-state index is 0.0184. The molecule has 0 bridgehead atoms. The summed E-state index contributed by atoms with van der Waals surface area (Å²) < 4.78 is 18.9. The van der Waals surface area contributed by atoms with E-state index >= 15 is 0 Å². The maximum Gasteiger partial charge on any atom is 0.295 e. The average molecular weight is 424 g/mol. The molecule has 6 nitrogen and oxygen atoms in total. The van der Waals surface area contributed by atoms with Crippen molar-refractivity contribution in [1.29, 1.82) is 0 Å². The first-order chi connectivity index (χ1) is 14.8. The highest BCUT2D eigenvalue weighted by molar-refractivity contribution is 6.46. The summed E-state index contributed by atoms with van der Waals surface area (Å²) in [5.41, 5.74) is 0.908. The van der Waals surface area contributed by atoms with Gasteiger partial charge in [0.15, 0.2) is 0 Å². The van der Waals surface area contributed by atoms with Crippen LogP contribution < -0.4 is 4.74 Å². The smallest absolute Gasteiger partial charge is 0.295 e. The third kappa shape index (κ3) is 4.83. The highest BCUT2D eigenvalue weighted by Gasteiger charge is 2.45. The molecule has 1 aliphatic heterocycles. The summed E-state index contributed by atoms with van der Waals surface area (Å²) in [5, 5.41) is 11.0. The minimum Gasteiger partial charge on any atom is -0.507 e. The van der Waals surface area contributed by atoms with Gasteiger partial charge in [-0.25, -0.2) is 4.39 Å². The van der Waals surface area contributed by atoms with Gasteiger partial charge in [-0.2, -0.15) is 0 Å². The Morgan fingerprint density at radius 3 is 2.39 bits per heavy atom. The second-order valence-corrected chi connectivity index (χ2v) is 7.47. The topological polar surface area (TPSA) is 70.1 Å². The molecule has 162 valence electrons. The molecule has 0 saturated carbocycles. The number of ether oxygens (including phenoxy) is 1. The zero-order valence-corrected chi connectivity index (χ0v) is 17.5. The first-order valence-corrected chi connectivity index (χ1v) is 9.86. The molecule has 3 rings (SSSR count). The number of benzene rings is 2. The van der Waals surface area contributed by atoms with Gasteiger partial charge in [0.05, 0.1) is 11.6 Å². The van der Waals surface area contributed by atoms with Crippen molar-refractivity contribution in [2.45, 2.75) is 6.04 Å². The summed E-state index contributed by atoms with van der Waals surface area (Å²) in [5.74, 6) is -1.58. The van der Waals surface area contributed by atoms with Crippen LogP contribution in [0.4, 0.5) is 4.39 Å². The molecule has 0 radical (unpaired) electrons. The molecule has 1 amide bonds. The molecule has 1 aliphatic rings. The number of aliphatic hydroxyl groups excluding tert-OH is 1. The zero-order valence-electron chi connectivity index (χ0n) is 17.5. The Morgan fingerprint density at radius 2 is 1.81 bits per heavy atom. The van der Waals surface area contributed by atoms with Gasteiger partial charge in [-0.05, 0) is 56.1 Å². The summed E-state index contributed by atoms with van der Waals surface area (Å²) in [6.07, 6.45) is 1.62. The number of rotatable bonds is 8. The van der Waals surface area contributed by atoms with Crippen molar-refractivity contribution >= 4 is 17.4 Å². The third-order valence-corrected chi connectivity index (χ3v) is 5.01. The van der Waals surface area contributed by atoms with Gasteiger partial charge in [0.2, 0.25) is 0 Å². The van der Waals surface area contributed by atoms with Crippen LogP contribution in [0.15, 0.2) is 66.8 Å². The number of likely N-dealkylation sites (tertiary alicyclic amines) is 1. The lowest BCUT2D eigenvalue weighted by Gasteiger charge is -2.26. The van der Waals surface area contributed by atoms with E-state index in [1.165, 1.54) is 29.2 Å². The van der Waals surface area contributed by atoms with Gasteiger partial charge in [0, 0.05) is 18.7 Å². The van der Waals surface area contributed by atoms with Crippen molar-refractivity contribution in [3.05, 3.63) is 83.7 Å². The Hall–Kier alpha value is -3.45. The van der Waals surface area contributed by atoms with Crippen LogP contribution in [0.5, 0.6) is 5.75 Å². The molecule has 7 heteroatoms. The molecule has 1 saturated heterocycles. The summed E-state index contributed by atoms with van der Waals surface area (Å²) in [6, 6.07) is 11.3. The number of halogens is 1. The summed E-state index contributed by atoms with van der Waals surface area (Å²) in [4.78, 5) is 29.0. The molecule has 1 heterocycles. The van der Waals surface area contributed by atoms with Crippen molar-refractivity contribution in [3.63, 3.8) is 0 Å². The molecule has 1 fully saturated rings. The molecule has 1 N–H and O–H groups in total. The summed E-state index contributed by atoms with van der Waals surface area (Å²) in [7, 11) is 3.72. The first-order valence-electron chi connectivity index (χ1n) is 9.86. The van der Waals surface area contributed by atoms with Gasteiger partial charge in [-0.1, -0.05) is 24.8 Å². The van der Waals surface area contributed by atoms with E-state index in [-0.39, 0.29) is 17.9 Å². The maximum atomic E-state index is 13.5. The number of ketones is 1. The van der Waals surface area contributed by atoms with Crippen LogP contribution in [0.3, 0.4) is 0 Å². The van der Waals surface area contributed by atoms with E-state index in [0.717, 1.165) is 0 Å². The fourth-order valence-corrected chi connectivity index (χ4v) is 3.43. The van der Waals surface area contributed by atoms with Gasteiger partial charge in [-0.3, -0.25) is 9.59 Å². The van der Waals surface area contributed by atoms with E-state index in [1.807, 2.05) is 19.0 Å². The third-order valence-electron chi connectivity index (χ3n) is 5.01. The molecule has 1 atom stereocenters. The van der Waals surface area contributed by atoms with Crippen LogP contribution in [-0.4, -0.2) is 60.4 Å². The van der Waals surface area contributed by atoms with E-state index in [2.05, 4.69) is 6.58 Å². The minimum atomic E-state index is -0.808. The molecule has 2 aromatic carbocycles. The first kappa shape index (κ1) is 22.2. The van der Waals surface area contributed by atoms with Crippen LogP contribution in [0.2, 0.25) is 0 Å². The number of carbonyl (C=O) groups excluding carboxylic acids is 2. The highest BCUT2D eigenvalue weighted by atomic mass is 19.1. The van der Waals surface area contributed by atoms with Gasteiger partial charge < -0.3 is 19.6 Å². The second kappa shape index (κ2) is 9.57. The van der Waals surface area contributed by atoms with Crippen LogP contribution >= 0.6 is 0 Å². The number of Topliss-reactive ketones (excluding diaryl/α,β-unsaturated/α-hetero) is 1. The fraction of sp³-hybridized carbons (Fsp3) is 0.250. The normalized spacial score (nSPS) is 17.9. The van der Waals surface area contributed by atoms with E-state index in [9.17, 15) is 19.1 Å². The van der Waals surface area contributed by atoms with Crippen molar-refractivity contribution in [3.8, 4) is 5.75 Å².